The van der Waals surface area contributed by atoms with Gasteiger partial charge in [-0.05, 0) is 13.2 Å². The third kappa shape index (κ3) is 2.38. The number of thioether (sulfide) groups is 1. The second-order valence-electron chi connectivity index (χ2n) is 3.04. The largest absolute Gasteiger partial charge is 0.462 e. The highest BCUT2D eigenvalue weighted by molar-refractivity contribution is 8.00. The van der Waals surface area contributed by atoms with Gasteiger partial charge >= 0.3 is 5.97 Å². The standard InChI is InChI=1S/C10H9ClN2O2S2/c1-3-15-9(14)5-4-12-8-7(6(5)11)13-10(16-2)17-8/h4H,3H2,1-2H3. The van der Waals surface area contributed by atoms with E-state index in [-0.39, 0.29) is 5.56 Å². The predicted octanol–water partition coefficient (Wildman–Crippen LogP) is 3.24. The zero-order valence-corrected chi connectivity index (χ0v) is 11.6. The number of rotatable bonds is 3. The molecule has 0 aliphatic rings. The van der Waals surface area contributed by atoms with E-state index in [1.807, 2.05) is 6.26 Å². The fraction of sp³-hybridized carbons (Fsp3) is 0.300. The summed E-state index contributed by atoms with van der Waals surface area (Å²) in [4.78, 5) is 20.8. The van der Waals surface area contributed by atoms with Gasteiger partial charge in [0, 0.05) is 6.20 Å². The van der Waals surface area contributed by atoms with Crippen molar-refractivity contribution in [3.05, 3.63) is 16.8 Å². The molecule has 0 atom stereocenters. The Balaban J connectivity index is 2.52. The van der Waals surface area contributed by atoms with Crippen LogP contribution < -0.4 is 0 Å². The lowest BCUT2D eigenvalue weighted by molar-refractivity contribution is 0.0526. The Bertz CT molecular complexity index is 571. The molecule has 2 rings (SSSR count). The quantitative estimate of drug-likeness (QED) is 0.641. The first-order chi connectivity index (χ1) is 8.17. The highest BCUT2D eigenvalue weighted by Gasteiger charge is 2.17. The summed E-state index contributed by atoms with van der Waals surface area (Å²) in [7, 11) is 0. The minimum atomic E-state index is -0.467. The summed E-state index contributed by atoms with van der Waals surface area (Å²) in [6.45, 7) is 2.05. The van der Waals surface area contributed by atoms with Crippen molar-refractivity contribution < 1.29 is 9.53 Å². The van der Waals surface area contributed by atoms with Crippen LogP contribution in [0.1, 0.15) is 17.3 Å². The van der Waals surface area contributed by atoms with Gasteiger partial charge in [-0.1, -0.05) is 34.7 Å². The molecule has 0 N–H and O–H groups in total. The van der Waals surface area contributed by atoms with Crippen LogP contribution in [0.3, 0.4) is 0 Å². The number of esters is 1. The van der Waals surface area contributed by atoms with Crippen molar-refractivity contribution in [2.24, 2.45) is 0 Å². The number of halogens is 1. The van der Waals surface area contributed by atoms with Gasteiger partial charge in [0.25, 0.3) is 0 Å². The van der Waals surface area contributed by atoms with Gasteiger partial charge in [0.05, 0.1) is 17.2 Å². The van der Waals surface area contributed by atoms with E-state index in [9.17, 15) is 4.79 Å². The summed E-state index contributed by atoms with van der Waals surface area (Å²) in [5.74, 6) is -0.467. The lowest BCUT2D eigenvalue weighted by atomic mass is 10.3. The second kappa shape index (κ2) is 5.20. The van der Waals surface area contributed by atoms with Crippen LogP contribution in [0.5, 0.6) is 0 Å². The number of thiazole rings is 1. The maximum absolute atomic E-state index is 11.6. The van der Waals surface area contributed by atoms with Crippen molar-refractivity contribution in [3.8, 4) is 0 Å². The van der Waals surface area contributed by atoms with Crippen molar-refractivity contribution in [3.63, 3.8) is 0 Å². The normalized spacial score (nSPS) is 10.8. The maximum Gasteiger partial charge on any atom is 0.341 e. The number of hydrogen-bond acceptors (Lipinski definition) is 6. The van der Waals surface area contributed by atoms with Crippen LogP contribution in [0.15, 0.2) is 10.5 Å². The van der Waals surface area contributed by atoms with Crippen molar-refractivity contribution in [1.82, 2.24) is 9.97 Å². The van der Waals surface area contributed by atoms with E-state index in [1.165, 1.54) is 29.3 Å². The molecule has 0 saturated carbocycles. The Labute approximate surface area is 111 Å². The summed E-state index contributed by atoms with van der Waals surface area (Å²) >= 11 is 9.11. The summed E-state index contributed by atoms with van der Waals surface area (Å²) in [5, 5.41) is 0.310. The molecule has 0 radical (unpaired) electrons. The van der Waals surface area contributed by atoms with E-state index in [2.05, 4.69) is 9.97 Å². The van der Waals surface area contributed by atoms with Crippen LogP contribution in [-0.4, -0.2) is 28.8 Å². The van der Waals surface area contributed by atoms with Gasteiger partial charge in [-0.2, -0.15) is 0 Å². The lowest BCUT2D eigenvalue weighted by Crippen LogP contribution is -2.06. The molecule has 0 aliphatic carbocycles. The van der Waals surface area contributed by atoms with Gasteiger partial charge in [-0.15, -0.1) is 0 Å². The number of nitrogens with zero attached hydrogens (tertiary/aromatic N) is 2. The van der Waals surface area contributed by atoms with Crippen molar-refractivity contribution in [2.45, 2.75) is 11.3 Å². The molecule has 17 heavy (non-hydrogen) atoms. The number of ether oxygens (including phenoxy) is 1. The minimum absolute atomic E-state index is 0.263. The van der Waals surface area contributed by atoms with Crippen LogP contribution in [0, 0.1) is 0 Å². The fourth-order valence-electron chi connectivity index (χ4n) is 1.27. The van der Waals surface area contributed by atoms with Gasteiger partial charge in [0.15, 0.2) is 4.34 Å². The minimum Gasteiger partial charge on any atom is -0.462 e. The molecule has 0 amide bonds. The molecule has 0 spiro atoms. The molecule has 0 aliphatic heterocycles. The third-order valence-electron chi connectivity index (χ3n) is 2.01. The molecule has 0 saturated heterocycles. The molecule has 0 aromatic carbocycles. The Morgan fingerprint density at radius 3 is 3.06 bits per heavy atom. The number of hydrogen-bond donors (Lipinski definition) is 0. The lowest BCUT2D eigenvalue weighted by Gasteiger charge is -2.03. The van der Waals surface area contributed by atoms with Gasteiger partial charge in [0.2, 0.25) is 0 Å². The highest BCUT2D eigenvalue weighted by Crippen LogP contribution is 2.32. The Morgan fingerprint density at radius 2 is 2.41 bits per heavy atom. The first-order valence-electron chi connectivity index (χ1n) is 4.83. The third-order valence-corrected chi connectivity index (χ3v) is 4.35. The van der Waals surface area contributed by atoms with Crippen LogP contribution in [0.25, 0.3) is 10.3 Å². The number of pyridine rings is 1. The molecule has 0 bridgehead atoms. The summed E-state index contributed by atoms with van der Waals surface area (Å²) in [6, 6.07) is 0. The predicted molar refractivity (Wildman–Crippen MR) is 70.2 cm³/mol. The van der Waals surface area contributed by atoms with E-state index in [4.69, 9.17) is 16.3 Å². The van der Waals surface area contributed by atoms with E-state index in [1.54, 1.807) is 6.92 Å². The molecule has 2 heterocycles. The molecular formula is C10H9ClN2O2S2. The second-order valence-corrected chi connectivity index (χ2v) is 5.45. The molecule has 90 valence electrons. The van der Waals surface area contributed by atoms with Gasteiger partial charge in [-0.25, -0.2) is 14.8 Å². The van der Waals surface area contributed by atoms with Crippen molar-refractivity contribution in [1.29, 1.82) is 0 Å². The fourth-order valence-corrected chi connectivity index (χ4v) is 2.99. The molecule has 2 aromatic heterocycles. The SMILES string of the molecule is CCOC(=O)c1cnc2sc(SC)nc2c1Cl. The molecule has 2 aromatic rings. The van der Waals surface area contributed by atoms with Crippen LogP contribution >= 0.6 is 34.7 Å². The van der Waals surface area contributed by atoms with Gasteiger partial charge in [0.1, 0.15) is 10.3 Å². The summed E-state index contributed by atoms with van der Waals surface area (Å²) in [6.07, 6.45) is 3.36. The molecular weight excluding hydrogens is 280 g/mol. The average Bonchev–Trinajstić information content (AvgIpc) is 2.73. The first kappa shape index (κ1) is 12.6. The number of carbonyl (C=O) groups excluding carboxylic acids is 1. The number of aromatic nitrogens is 2. The van der Waals surface area contributed by atoms with Crippen LogP contribution in [-0.2, 0) is 4.74 Å². The Kier molecular flexibility index (Phi) is 3.86. The van der Waals surface area contributed by atoms with Gasteiger partial charge in [-0.3, -0.25) is 0 Å². The number of fused-ring (bicyclic) bond motifs is 1. The smallest absolute Gasteiger partial charge is 0.341 e. The molecule has 0 unspecified atom stereocenters. The summed E-state index contributed by atoms with van der Waals surface area (Å²) < 4.78 is 5.77. The zero-order valence-electron chi connectivity index (χ0n) is 9.19. The van der Waals surface area contributed by atoms with Gasteiger partial charge < -0.3 is 4.74 Å². The molecule has 7 heteroatoms. The zero-order chi connectivity index (χ0) is 12.4. The topological polar surface area (TPSA) is 52.1 Å². The monoisotopic (exact) mass is 288 g/mol. The van der Waals surface area contributed by atoms with E-state index >= 15 is 0 Å². The first-order valence-corrected chi connectivity index (χ1v) is 7.25. The highest BCUT2D eigenvalue weighted by atomic mass is 35.5. The van der Waals surface area contributed by atoms with Crippen LogP contribution in [0.4, 0.5) is 0 Å². The Morgan fingerprint density at radius 1 is 1.65 bits per heavy atom. The maximum atomic E-state index is 11.6. The molecule has 0 fully saturated rings. The van der Waals surface area contributed by atoms with E-state index in [0.29, 0.717) is 17.1 Å². The number of carbonyl (C=O) groups is 1. The van der Waals surface area contributed by atoms with Crippen molar-refractivity contribution in [2.75, 3.05) is 12.9 Å². The molecule has 4 nitrogen and oxygen atoms in total. The Hall–Kier alpha value is -0.850. The summed E-state index contributed by atoms with van der Waals surface area (Å²) in [5.41, 5.74) is 0.825. The van der Waals surface area contributed by atoms with Crippen molar-refractivity contribution >= 4 is 51.0 Å². The average molecular weight is 289 g/mol. The van der Waals surface area contributed by atoms with Crippen LogP contribution in [0.2, 0.25) is 5.02 Å². The van der Waals surface area contributed by atoms with E-state index < -0.39 is 5.97 Å². The van der Waals surface area contributed by atoms with E-state index in [0.717, 1.165) is 9.17 Å².